The molecule has 0 aromatic heterocycles. The number of rotatable bonds is 5. The molecule has 0 aromatic carbocycles. The van der Waals surface area contributed by atoms with Crippen LogP contribution in [0.3, 0.4) is 0 Å². The molecule has 0 aromatic rings. The highest BCUT2D eigenvalue weighted by Crippen LogP contribution is 2.34. The van der Waals surface area contributed by atoms with Crippen LogP contribution in [-0.2, 0) is 9.53 Å². The fourth-order valence-electron chi connectivity index (χ4n) is 2.35. The molecule has 0 spiro atoms. The van der Waals surface area contributed by atoms with Crippen molar-refractivity contribution in [3.8, 4) is 0 Å². The third kappa shape index (κ3) is 4.82. The summed E-state index contributed by atoms with van der Waals surface area (Å²) >= 11 is 0. The Morgan fingerprint density at radius 3 is 3.00 bits per heavy atom. The first kappa shape index (κ1) is 14.7. The first-order chi connectivity index (χ1) is 7.79. The lowest BCUT2D eigenvalue weighted by atomic mass is 10.2. The van der Waals surface area contributed by atoms with Crippen molar-refractivity contribution >= 4 is 18.3 Å². The van der Waals surface area contributed by atoms with Crippen LogP contribution in [0, 0.1) is 5.92 Å². The van der Waals surface area contributed by atoms with Gasteiger partial charge in [-0.25, -0.2) is 0 Å². The number of hydrogen-bond acceptors (Lipinski definition) is 3. The van der Waals surface area contributed by atoms with Gasteiger partial charge < -0.3 is 15.4 Å². The van der Waals surface area contributed by atoms with Gasteiger partial charge in [0.25, 0.3) is 0 Å². The average molecular weight is 263 g/mol. The van der Waals surface area contributed by atoms with Gasteiger partial charge in [0.1, 0.15) is 0 Å². The summed E-state index contributed by atoms with van der Waals surface area (Å²) in [6.45, 7) is 4.48. The number of halogens is 1. The summed E-state index contributed by atoms with van der Waals surface area (Å²) in [5, 5.41) is 6.40. The number of hydrogen-bond donors (Lipinski definition) is 2. The number of amides is 1. The molecule has 1 aliphatic heterocycles. The minimum absolute atomic E-state index is 0. The van der Waals surface area contributed by atoms with Gasteiger partial charge >= 0.3 is 0 Å². The van der Waals surface area contributed by atoms with E-state index in [0.29, 0.717) is 19.1 Å². The van der Waals surface area contributed by atoms with Gasteiger partial charge in [-0.2, -0.15) is 0 Å². The molecule has 1 saturated carbocycles. The largest absolute Gasteiger partial charge is 0.378 e. The Labute approximate surface area is 109 Å². The lowest BCUT2D eigenvalue weighted by Gasteiger charge is -2.23. The summed E-state index contributed by atoms with van der Waals surface area (Å²) < 4.78 is 5.32. The van der Waals surface area contributed by atoms with E-state index in [2.05, 4.69) is 17.6 Å². The molecule has 1 saturated heterocycles. The molecule has 1 aliphatic carbocycles. The predicted octanol–water partition coefficient (Wildman–Crippen LogP) is 1.09. The highest BCUT2D eigenvalue weighted by Gasteiger charge is 2.37. The van der Waals surface area contributed by atoms with E-state index in [1.54, 1.807) is 0 Å². The van der Waals surface area contributed by atoms with Gasteiger partial charge in [-0.15, -0.1) is 12.4 Å². The van der Waals surface area contributed by atoms with Crippen LogP contribution in [0.15, 0.2) is 0 Å². The second-order valence-corrected chi connectivity index (χ2v) is 4.89. The van der Waals surface area contributed by atoms with Crippen LogP contribution >= 0.6 is 12.4 Å². The zero-order valence-corrected chi connectivity index (χ0v) is 11.2. The maximum absolute atomic E-state index is 11.7. The highest BCUT2D eigenvalue weighted by molar-refractivity contribution is 5.85. The molecule has 2 aliphatic rings. The molecule has 5 heteroatoms. The van der Waals surface area contributed by atoms with Gasteiger partial charge in [-0.3, -0.25) is 4.79 Å². The Morgan fingerprint density at radius 2 is 2.35 bits per heavy atom. The first-order valence-corrected chi connectivity index (χ1v) is 6.40. The molecular formula is C12H23ClN2O2. The van der Waals surface area contributed by atoms with Crippen molar-refractivity contribution in [3.63, 3.8) is 0 Å². The van der Waals surface area contributed by atoms with Crippen molar-refractivity contribution in [3.05, 3.63) is 0 Å². The number of morpholine rings is 1. The van der Waals surface area contributed by atoms with Gasteiger partial charge in [0, 0.05) is 25.0 Å². The third-order valence-corrected chi connectivity index (χ3v) is 3.36. The molecule has 0 radical (unpaired) electrons. The van der Waals surface area contributed by atoms with E-state index < -0.39 is 0 Å². The molecule has 0 bridgehead atoms. The number of nitrogens with one attached hydrogen (secondary N) is 2. The Hall–Kier alpha value is -0.320. The maximum Gasteiger partial charge on any atom is 0.221 e. The number of carbonyl (C=O) groups excluding carboxylic acids is 1. The van der Waals surface area contributed by atoms with E-state index in [9.17, 15) is 4.79 Å². The monoisotopic (exact) mass is 262 g/mol. The molecule has 17 heavy (non-hydrogen) atoms. The van der Waals surface area contributed by atoms with Crippen molar-refractivity contribution in [2.45, 2.75) is 44.7 Å². The van der Waals surface area contributed by atoms with Crippen LogP contribution in [0.2, 0.25) is 0 Å². The van der Waals surface area contributed by atoms with Gasteiger partial charge in [-0.05, 0) is 18.8 Å². The molecule has 3 atom stereocenters. The second kappa shape index (κ2) is 7.19. The minimum atomic E-state index is 0. The van der Waals surface area contributed by atoms with Crippen LogP contribution in [0.4, 0.5) is 0 Å². The van der Waals surface area contributed by atoms with Gasteiger partial charge in [0.15, 0.2) is 0 Å². The van der Waals surface area contributed by atoms with Crippen LogP contribution in [-0.4, -0.2) is 37.7 Å². The summed E-state index contributed by atoms with van der Waals surface area (Å²) in [5.41, 5.74) is 0. The Morgan fingerprint density at radius 1 is 1.53 bits per heavy atom. The summed E-state index contributed by atoms with van der Waals surface area (Å²) in [6, 6.07) is 0.661. The fraction of sp³-hybridized carbons (Fsp3) is 0.917. The van der Waals surface area contributed by atoms with Crippen molar-refractivity contribution in [2.24, 2.45) is 5.92 Å². The average Bonchev–Trinajstić information content (AvgIpc) is 2.98. The SMILES string of the molecule is CCCC1CC1NC(=O)CC1COCCN1.Cl. The fourth-order valence-corrected chi connectivity index (χ4v) is 2.35. The minimum Gasteiger partial charge on any atom is -0.378 e. The number of ether oxygens (including phenoxy) is 1. The van der Waals surface area contributed by atoms with Gasteiger partial charge in [0.2, 0.25) is 5.91 Å². The van der Waals surface area contributed by atoms with Crippen LogP contribution in [0.25, 0.3) is 0 Å². The van der Waals surface area contributed by atoms with E-state index in [1.165, 1.54) is 19.3 Å². The number of carbonyl (C=O) groups is 1. The molecule has 3 unspecified atom stereocenters. The van der Waals surface area contributed by atoms with E-state index in [0.717, 1.165) is 19.1 Å². The van der Waals surface area contributed by atoms with E-state index >= 15 is 0 Å². The molecule has 100 valence electrons. The van der Waals surface area contributed by atoms with E-state index in [-0.39, 0.29) is 24.4 Å². The van der Waals surface area contributed by atoms with Crippen molar-refractivity contribution in [1.82, 2.24) is 10.6 Å². The Balaban J connectivity index is 0.00000144. The standard InChI is InChI=1S/C12H22N2O2.ClH/c1-2-3-9-6-11(9)14-12(15)7-10-8-16-5-4-13-10;/h9-11,13H,2-8H2,1H3,(H,14,15);1H. The third-order valence-electron chi connectivity index (χ3n) is 3.36. The normalized spacial score (nSPS) is 31.5. The van der Waals surface area contributed by atoms with Gasteiger partial charge in [0.05, 0.1) is 13.2 Å². The topological polar surface area (TPSA) is 50.4 Å². The maximum atomic E-state index is 11.7. The smallest absolute Gasteiger partial charge is 0.221 e. The summed E-state index contributed by atoms with van der Waals surface area (Å²) in [5.74, 6) is 0.913. The Bertz CT molecular complexity index is 245. The van der Waals surface area contributed by atoms with Crippen molar-refractivity contribution in [1.29, 1.82) is 0 Å². The van der Waals surface area contributed by atoms with E-state index in [4.69, 9.17) is 4.74 Å². The molecule has 2 fully saturated rings. The highest BCUT2D eigenvalue weighted by atomic mass is 35.5. The van der Waals surface area contributed by atoms with Crippen LogP contribution < -0.4 is 10.6 Å². The zero-order valence-electron chi connectivity index (χ0n) is 10.4. The molecule has 1 heterocycles. The molecule has 2 rings (SSSR count). The summed E-state index contributed by atoms with van der Waals surface area (Å²) in [4.78, 5) is 11.7. The summed E-state index contributed by atoms with van der Waals surface area (Å²) in [6.07, 6.45) is 4.19. The molecular weight excluding hydrogens is 240 g/mol. The molecule has 2 N–H and O–H groups in total. The molecule has 4 nitrogen and oxygen atoms in total. The zero-order chi connectivity index (χ0) is 11.4. The van der Waals surface area contributed by atoms with Crippen LogP contribution in [0.5, 0.6) is 0 Å². The molecule has 1 amide bonds. The summed E-state index contributed by atoms with van der Waals surface area (Å²) in [7, 11) is 0. The Kier molecular flexibility index (Phi) is 6.23. The quantitative estimate of drug-likeness (QED) is 0.780. The first-order valence-electron chi connectivity index (χ1n) is 6.40. The lowest BCUT2D eigenvalue weighted by molar-refractivity contribution is -0.122. The van der Waals surface area contributed by atoms with E-state index in [1.807, 2.05) is 0 Å². The predicted molar refractivity (Wildman–Crippen MR) is 69.4 cm³/mol. The van der Waals surface area contributed by atoms with Crippen molar-refractivity contribution in [2.75, 3.05) is 19.8 Å². The second-order valence-electron chi connectivity index (χ2n) is 4.89. The lowest BCUT2D eigenvalue weighted by Crippen LogP contribution is -2.44. The van der Waals surface area contributed by atoms with Gasteiger partial charge in [-0.1, -0.05) is 13.3 Å². The van der Waals surface area contributed by atoms with Crippen molar-refractivity contribution < 1.29 is 9.53 Å². The van der Waals surface area contributed by atoms with Crippen LogP contribution in [0.1, 0.15) is 32.6 Å².